The molecule has 0 saturated heterocycles. The molecule has 0 heterocycles. The third-order valence-corrected chi connectivity index (χ3v) is 14.4. The van der Waals surface area contributed by atoms with Crippen LogP contribution in [0.15, 0.2) is 0 Å². The van der Waals surface area contributed by atoms with Gasteiger partial charge in [-0.1, -0.05) is 19.6 Å². The third-order valence-electron chi connectivity index (χ3n) is 1.29. The fourth-order valence-electron chi connectivity index (χ4n) is 0.588. The molecule has 0 saturated carbocycles. The van der Waals surface area contributed by atoms with Gasteiger partial charge in [-0.15, -0.1) is 0 Å². The Morgan fingerprint density at radius 1 is 1.50 bits per heavy atom. The lowest BCUT2D eigenvalue weighted by molar-refractivity contribution is 1.08. The normalized spacial score (nSPS) is 14.2. The first-order valence-electron chi connectivity index (χ1n) is 3.02. The zero-order valence-electron chi connectivity index (χ0n) is 5.82. The molecule has 0 N–H and O–H groups in total. The highest BCUT2D eigenvalue weighted by Crippen LogP contribution is 1.90. The number of hydrogen-bond acceptors (Lipinski definition) is 1. The first kappa shape index (κ1) is 8.90. The Bertz CT molecular complexity index is 56.5. The predicted molar refractivity (Wildman–Crippen MR) is 49.5 cm³/mol. The molecule has 0 aliphatic rings. The molecule has 0 unspecified atom stereocenters. The second-order valence-electron chi connectivity index (χ2n) is 2.12. The van der Waals surface area contributed by atoms with E-state index in [9.17, 15) is 0 Å². The molecule has 50 valence electrons. The van der Waals surface area contributed by atoms with E-state index in [1.54, 1.807) is 0 Å². The topological polar surface area (TPSA) is 3.24 Å². The van der Waals surface area contributed by atoms with E-state index in [0.717, 1.165) is 0 Å². The minimum absolute atomic E-state index is 0.105. The number of halogens is 1. The van der Waals surface area contributed by atoms with Gasteiger partial charge in [0.2, 0.25) is 0 Å². The molecule has 0 spiro atoms. The summed E-state index contributed by atoms with van der Waals surface area (Å²) in [5.41, 5.74) is 0. The average molecular weight is 184 g/mol. The van der Waals surface area contributed by atoms with E-state index in [0.29, 0.717) is 0 Å². The second-order valence-corrected chi connectivity index (χ2v) is 10.6. The molecule has 0 aliphatic carbocycles. The monoisotopic (exact) mass is 183 g/mol. The van der Waals surface area contributed by atoms with Gasteiger partial charge in [0.1, 0.15) is 0 Å². The Balaban J connectivity index is 3.35. The molecule has 5 heteroatoms. The van der Waals surface area contributed by atoms with Crippen molar-refractivity contribution in [3.8, 4) is 0 Å². The van der Waals surface area contributed by atoms with Crippen LogP contribution in [0, 0.1) is 0 Å². The molecular formula is C3H14ClNSi3. The minimum atomic E-state index is -0.461. The van der Waals surface area contributed by atoms with Gasteiger partial charge in [-0.2, -0.15) is 11.1 Å². The largest absolute Gasteiger partial charge is 0.368 e. The molecule has 0 amide bonds. The Morgan fingerprint density at radius 2 is 2.00 bits per heavy atom. The average Bonchev–Trinajstić information content (AvgIpc) is 1.69. The first-order chi connectivity index (χ1) is 3.72. The van der Waals surface area contributed by atoms with Crippen LogP contribution < -0.4 is 0 Å². The van der Waals surface area contributed by atoms with Crippen LogP contribution in [0.5, 0.6) is 0 Å². The fraction of sp³-hybridized carbons (Fsp3) is 1.00. The van der Waals surface area contributed by atoms with E-state index in [1.165, 1.54) is 0 Å². The Hall–Kier alpha value is 0.901. The highest BCUT2D eigenvalue weighted by molar-refractivity contribution is 6.99. The van der Waals surface area contributed by atoms with E-state index in [1.807, 2.05) is 0 Å². The van der Waals surface area contributed by atoms with Gasteiger partial charge >= 0.3 is 0 Å². The quantitative estimate of drug-likeness (QED) is 0.427. The predicted octanol–water partition coefficient (Wildman–Crippen LogP) is -0.359. The zero-order valence-corrected chi connectivity index (χ0v) is 10.6. The Morgan fingerprint density at radius 3 is 2.00 bits per heavy atom. The minimum Gasteiger partial charge on any atom is -0.368 e. The molecule has 0 aromatic carbocycles. The van der Waals surface area contributed by atoms with Crippen LogP contribution >= 0.6 is 11.1 Å². The van der Waals surface area contributed by atoms with Gasteiger partial charge in [0.15, 0.2) is 8.99 Å². The van der Waals surface area contributed by atoms with Gasteiger partial charge in [0, 0.05) is 0 Å². The number of hydrogen-bond donors (Lipinski definition) is 0. The summed E-state index contributed by atoms with van der Waals surface area (Å²) in [5, 5.41) is 0. The fourth-order valence-corrected chi connectivity index (χ4v) is 9.29. The van der Waals surface area contributed by atoms with Crippen molar-refractivity contribution in [2.24, 2.45) is 0 Å². The summed E-state index contributed by atoms with van der Waals surface area (Å²) in [6.07, 6.45) is 0. The lowest BCUT2D eigenvalue weighted by atomic mass is 11.9. The maximum Gasteiger partial charge on any atom is 0.184 e. The summed E-state index contributed by atoms with van der Waals surface area (Å²) in [6.45, 7) is 7.03. The molecule has 0 atom stereocenters. The smallest absolute Gasteiger partial charge is 0.184 e. The summed E-state index contributed by atoms with van der Waals surface area (Å²) >= 11 is 5.80. The standard InChI is InChI=1S/C3H14ClNSi3/c1-6-5(7-4)8(2)3/h8H,6-7H2,1-3H3. The molecule has 0 radical (unpaired) electrons. The van der Waals surface area contributed by atoms with Crippen molar-refractivity contribution in [3.05, 3.63) is 0 Å². The van der Waals surface area contributed by atoms with Crippen molar-refractivity contribution in [2.45, 2.75) is 19.6 Å². The van der Waals surface area contributed by atoms with Crippen molar-refractivity contribution < 1.29 is 0 Å². The van der Waals surface area contributed by atoms with Gasteiger partial charge in [0.25, 0.3) is 0 Å². The van der Waals surface area contributed by atoms with Crippen molar-refractivity contribution in [1.82, 2.24) is 3.90 Å². The second kappa shape index (κ2) is 4.75. The van der Waals surface area contributed by atoms with Gasteiger partial charge in [-0.25, -0.2) is 0 Å². The Kier molecular flexibility index (Phi) is 5.28. The molecule has 0 aliphatic heterocycles. The van der Waals surface area contributed by atoms with E-state index >= 15 is 0 Å². The van der Waals surface area contributed by atoms with Crippen LogP contribution in [0.2, 0.25) is 19.6 Å². The van der Waals surface area contributed by atoms with Gasteiger partial charge in [-0.3, -0.25) is 0 Å². The van der Waals surface area contributed by atoms with Crippen LogP contribution in [-0.2, 0) is 0 Å². The van der Waals surface area contributed by atoms with Gasteiger partial charge < -0.3 is 3.90 Å². The van der Waals surface area contributed by atoms with Crippen LogP contribution in [0.1, 0.15) is 0 Å². The molecular weight excluding hydrogens is 170 g/mol. The molecule has 0 rings (SSSR count). The van der Waals surface area contributed by atoms with Crippen LogP contribution in [0.4, 0.5) is 0 Å². The van der Waals surface area contributed by atoms with Crippen molar-refractivity contribution in [3.63, 3.8) is 0 Å². The molecule has 0 fully saturated rings. The molecule has 0 bridgehead atoms. The van der Waals surface area contributed by atoms with E-state index in [2.05, 4.69) is 23.5 Å². The van der Waals surface area contributed by atoms with E-state index < -0.39 is 8.96 Å². The summed E-state index contributed by atoms with van der Waals surface area (Å²) < 4.78 is 2.60. The lowest BCUT2D eigenvalue weighted by Gasteiger charge is -2.19. The molecule has 1 nitrogen and oxygen atoms in total. The van der Waals surface area contributed by atoms with Crippen molar-refractivity contribution in [2.75, 3.05) is 0 Å². The van der Waals surface area contributed by atoms with Crippen molar-refractivity contribution >= 4 is 38.7 Å². The van der Waals surface area contributed by atoms with E-state index in [-0.39, 0.29) is 18.7 Å². The first-order valence-corrected chi connectivity index (χ1v) is 10.7. The molecule has 8 heavy (non-hydrogen) atoms. The SMILES string of the molecule is C[SiH2]N([SiH2]Cl)[SiH](C)C. The highest BCUT2D eigenvalue weighted by Gasteiger charge is 2.04. The number of rotatable bonds is 3. The van der Waals surface area contributed by atoms with Crippen molar-refractivity contribution in [1.29, 1.82) is 0 Å². The van der Waals surface area contributed by atoms with E-state index in [4.69, 9.17) is 11.1 Å². The van der Waals surface area contributed by atoms with Crippen LogP contribution in [0.3, 0.4) is 0 Å². The van der Waals surface area contributed by atoms with Gasteiger partial charge in [-0.05, 0) is 0 Å². The summed E-state index contributed by atoms with van der Waals surface area (Å²) in [4.78, 5) is 0. The summed E-state index contributed by atoms with van der Waals surface area (Å²) in [5.74, 6) is 0. The van der Waals surface area contributed by atoms with Crippen LogP contribution in [0.25, 0.3) is 0 Å². The lowest BCUT2D eigenvalue weighted by Crippen LogP contribution is -2.37. The molecule has 0 aromatic heterocycles. The summed E-state index contributed by atoms with van der Waals surface area (Å²) in [6, 6.07) is 0. The number of nitrogens with zero attached hydrogens (tertiary/aromatic N) is 1. The Labute approximate surface area is 62.6 Å². The zero-order chi connectivity index (χ0) is 6.57. The third kappa shape index (κ3) is 3.03. The summed E-state index contributed by atoms with van der Waals surface area (Å²) in [7, 11) is -0.646. The van der Waals surface area contributed by atoms with Gasteiger partial charge in [0.05, 0.1) is 18.6 Å². The highest BCUT2D eigenvalue weighted by atomic mass is 35.6. The maximum absolute atomic E-state index is 5.80. The molecule has 0 aromatic rings. The maximum atomic E-state index is 5.80. The van der Waals surface area contributed by atoms with Crippen LogP contribution in [-0.4, -0.2) is 31.5 Å².